The zero-order valence-electron chi connectivity index (χ0n) is 13.3. The summed E-state index contributed by atoms with van der Waals surface area (Å²) in [5.41, 5.74) is -1.05. The summed E-state index contributed by atoms with van der Waals surface area (Å²) in [6.07, 6.45) is -4.62. The lowest BCUT2D eigenvalue weighted by Gasteiger charge is -2.34. The van der Waals surface area contributed by atoms with Gasteiger partial charge in [0.05, 0.1) is 28.5 Å². The lowest BCUT2D eigenvalue weighted by molar-refractivity contribution is -0.138. The maximum Gasteiger partial charge on any atom is 0.417 e. The predicted molar refractivity (Wildman–Crippen MR) is 93.9 cm³/mol. The highest BCUT2D eigenvalue weighted by molar-refractivity contribution is 9.10. The fourth-order valence-corrected chi connectivity index (χ4v) is 3.20. The van der Waals surface area contributed by atoms with Crippen molar-refractivity contribution < 1.29 is 27.9 Å². The molecule has 0 saturated heterocycles. The van der Waals surface area contributed by atoms with Crippen molar-refractivity contribution in [2.45, 2.75) is 25.6 Å². The first kappa shape index (κ1) is 20.3. The molecule has 1 aromatic rings. The molecule has 1 aromatic carbocycles. The topological polar surface area (TPSA) is 70.0 Å². The van der Waals surface area contributed by atoms with Gasteiger partial charge in [-0.05, 0) is 37.3 Å². The van der Waals surface area contributed by atoms with E-state index in [1.54, 1.807) is 6.92 Å². The number of hydrogen-bond acceptors (Lipinski definition) is 4. The average Bonchev–Trinajstić information content (AvgIpc) is 2.55. The fraction of sp³-hybridized carbons (Fsp3) is 0.312. The molecular weight excluding hydrogens is 437 g/mol. The summed E-state index contributed by atoms with van der Waals surface area (Å²) in [5.74, 6) is -1.84. The smallest absolute Gasteiger partial charge is 0.417 e. The SMILES string of the molecule is C[C@@H]1CC(C(=O)O)=C(N=C=S)CN1C(=O)c1ccc(Br)c(C(F)(F)F)c1. The number of carbonyl (C=O) groups excluding carboxylic acids is 1. The summed E-state index contributed by atoms with van der Waals surface area (Å²) in [5, 5.41) is 11.3. The number of carbonyl (C=O) groups is 2. The number of isothiocyanates is 1. The lowest BCUT2D eigenvalue weighted by atomic mass is 9.97. The van der Waals surface area contributed by atoms with Crippen molar-refractivity contribution >= 4 is 45.2 Å². The van der Waals surface area contributed by atoms with Crippen LogP contribution in [-0.2, 0) is 11.0 Å². The Labute approximate surface area is 160 Å². The van der Waals surface area contributed by atoms with Gasteiger partial charge in [0, 0.05) is 22.5 Å². The number of amides is 1. The van der Waals surface area contributed by atoms with Gasteiger partial charge >= 0.3 is 12.1 Å². The van der Waals surface area contributed by atoms with Gasteiger partial charge in [-0.3, -0.25) is 4.79 Å². The molecule has 10 heteroatoms. The van der Waals surface area contributed by atoms with Crippen LogP contribution >= 0.6 is 28.1 Å². The van der Waals surface area contributed by atoms with E-state index in [9.17, 15) is 27.9 Å². The minimum Gasteiger partial charge on any atom is -0.478 e. The van der Waals surface area contributed by atoms with Gasteiger partial charge in [0.15, 0.2) is 0 Å². The Hall–Kier alpha value is -2.03. The molecule has 138 valence electrons. The quantitative estimate of drug-likeness (QED) is 0.557. The van der Waals surface area contributed by atoms with Gasteiger partial charge in [-0.25, -0.2) is 4.79 Å². The number of rotatable bonds is 3. The number of aliphatic carboxylic acids is 1. The van der Waals surface area contributed by atoms with E-state index in [2.05, 4.69) is 38.3 Å². The van der Waals surface area contributed by atoms with Gasteiger partial charge < -0.3 is 10.0 Å². The van der Waals surface area contributed by atoms with Gasteiger partial charge in [0.25, 0.3) is 5.91 Å². The highest BCUT2D eigenvalue weighted by Gasteiger charge is 2.36. The standard InChI is InChI=1S/C16H12BrF3N2O3S/c1-8-4-10(15(24)25)13(21-7-26)6-22(8)14(23)9-2-3-12(17)11(5-9)16(18,19)20/h2-3,5,8H,4,6H2,1H3,(H,24,25)/t8-/m1/s1. The van der Waals surface area contributed by atoms with Crippen molar-refractivity contribution in [3.8, 4) is 0 Å². The third kappa shape index (κ3) is 4.20. The number of nitrogens with zero attached hydrogens (tertiary/aromatic N) is 2. The zero-order valence-corrected chi connectivity index (χ0v) is 15.7. The Morgan fingerprint density at radius 2 is 2.08 bits per heavy atom. The molecule has 0 unspecified atom stereocenters. The molecule has 1 N–H and O–H groups in total. The van der Waals surface area contributed by atoms with Crippen molar-refractivity contribution in [1.82, 2.24) is 4.90 Å². The molecule has 0 saturated carbocycles. The second-order valence-corrected chi connectivity index (χ2v) is 6.65. The summed E-state index contributed by atoms with van der Waals surface area (Å²) >= 11 is 7.32. The molecule has 0 spiro atoms. The average molecular weight is 449 g/mol. The van der Waals surface area contributed by atoms with Crippen molar-refractivity contribution in [2.75, 3.05) is 6.54 Å². The van der Waals surface area contributed by atoms with Gasteiger partial charge in [0.1, 0.15) is 0 Å². The van der Waals surface area contributed by atoms with Crippen LogP contribution in [0.4, 0.5) is 13.2 Å². The Bertz CT molecular complexity index is 848. The number of benzene rings is 1. The third-order valence-electron chi connectivity index (χ3n) is 3.92. The molecule has 1 heterocycles. The monoisotopic (exact) mass is 448 g/mol. The van der Waals surface area contributed by atoms with Gasteiger partial charge in [-0.1, -0.05) is 15.9 Å². The first-order chi connectivity index (χ1) is 12.1. The van der Waals surface area contributed by atoms with Gasteiger partial charge in [-0.2, -0.15) is 18.2 Å². The second-order valence-electron chi connectivity index (χ2n) is 5.61. The normalized spacial score (nSPS) is 17.7. The van der Waals surface area contributed by atoms with Crippen LogP contribution in [0.15, 0.2) is 38.9 Å². The Morgan fingerprint density at radius 1 is 1.42 bits per heavy atom. The van der Waals surface area contributed by atoms with Gasteiger partial charge in [-0.15, -0.1) is 0 Å². The summed E-state index contributed by atoms with van der Waals surface area (Å²) in [6.45, 7) is 1.44. The first-order valence-electron chi connectivity index (χ1n) is 7.27. The lowest BCUT2D eigenvalue weighted by Crippen LogP contribution is -2.44. The number of carboxylic acid groups (broad SMARTS) is 1. The van der Waals surface area contributed by atoms with E-state index >= 15 is 0 Å². The van der Waals surface area contributed by atoms with Crippen LogP contribution in [0.2, 0.25) is 0 Å². The number of alkyl halides is 3. The number of hydrogen-bond donors (Lipinski definition) is 1. The first-order valence-corrected chi connectivity index (χ1v) is 8.47. The van der Waals surface area contributed by atoms with E-state index in [4.69, 9.17) is 0 Å². The molecular formula is C16H12BrF3N2O3S. The van der Waals surface area contributed by atoms with Crippen LogP contribution < -0.4 is 0 Å². The van der Waals surface area contributed by atoms with E-state index in [0.717, 1.165) is 12.1 Å². The molecule has 0 radical (unpaired) electrons. The number of carboxylic acids is 1. The Kier molecular flexibility index (Phi) is 6.00. The minimum atomic E-state index is -4.62. The molecule has 0 aliphatic carbocycles. The molecule has 1 aliphatic heterocycles. The van der Waals surface area contributed by atoms with Crippen LogP contribution in [0.1, 0.15) is 29.3 Å². The Balaban J connectivity index is 2.42. The van der Waals surface area contributed by atoms with Crippen molar-refractivity contribution in [2.24, 2.45) is 4.99 Å². The zero-order chi connectivity index (χ0) is 19.6. The molecule has 1 aliphatic rings. The van der Waals surface area contributed by atoms with Crippen molar-refractivity contribution in [3.05, 3.63) is 45.1 Å². The maximum absolute atomic E-state index is 13.1. The minimum absolute atomic E-state index is 0.000421. The molecule has 0 bridgehead atoms. The van der Waals surface area contributed by atoms with E-state index in [1.807, 2.05) is 0 Å². The highest BCUT2D eigenvalue weighted by Crippen LogP contribution is 2.36. The van der Waals surface area contributed by atoms with Crippen LogP contribution in [0.25, 0.3) is 0 Å². The summed E-state index contributed by atoms with van der Waals surface area (Å²) in [4.78, 5) is 29.0. The number of aliphatic imine (C=N–C) groups is 1. The molecule has 1 amide bonds. The molecule has 1 atom stereocenters. The predicted octanol–water partition coefficient (Wildman–Crippen LogP) is 4.14. The van der Waals surface area contributed by atoms with Crippen molar-refractivity contribution in [1.29, 1.82) is 0 Å². The van der Waals surface area contributed by atoms with E-state index in [1.165, 1.54) is 11.0 Å². The van der Waals surface area contributed by atoms with Crippen LogP contribution in [0, 0.1) is 0 Å². The van der Waals surface area contributed by atoms with E-state index in [0.29, 0.717) is 0 Å². The molecule has 0 fully saturated rings. The fourth-order valence-electron chi connectivity index (χ4n) is 2.62. The largest absolute Gasteiger partial charge is 0.478 e. The molecule has 5 nitrogen and oxygen atoms in total. The van der Waals surface area contributed by atoms with Crippen LogP contribution in [0.5, 0.6) is 0 Å². The summed E-state index contributed by atoms with van der Waals surface area (Å²) in [6, 6.07) is 2.65. The highest BCUT2D eigenvalue weighted by atomic mass is 79.9. The van der Waals surface area contributed by atoms with Gasteiger partial charge in [0.2, 0.25) is 0 Å². The van der Waals surface area contributed by atoms with E-state index in [-0.39, 0.29) is 34.3 Å². The molecule has 2 rings (SSSR count). The maximum atomic E-state index is 13.1. The molecule has 26 heavy (non-hydrogen) atoms. The van der Waals surface area contributed by atoms with Crippen molar-refractivity contribution in [3.63, 3.8) is 0 Å². The number of thiocarbonyl (C=S) groups is 1. The third-order valence-corrected chi connectivity index (χ3v) is 4.70. The van der Waals surface area contributed by atoms with E-state index < -0.39 is 29.7 Å². The summed E-state index contributed by atoms with van der Waals surface area (Å²) < 4.78 is 39.0. The van der Waals surface area contributed by atoms with Crippen LogP contribution in [-0.4, -0.2) is 39.6 Å². The molecule has 0 aromatic heterocycles. The van der Waals surface area contributed by atoms with Crippen LogP contribution in [0.3, 0.4) is 0 Å². The Morgan fingerprint density at radius 3 is 2.62 bits per heavy atom. The summed E-state index contributed by atoms with van der Waals surface area (Å²) in [7, 11) is 0. The number of halogens is 4. The second kappa shape index (κ2) is 7.69.